The van der Waals surface area contributed by atoms with Crippen LogP contribution in [0.5, 0.6) is 5.75 Å². The number of pyridine rings is 1. The van der Waals surface area contributed by atoms with Crippen molar-refractivity contribution in [2.24, 2.45) is 0 Å². The number of aromatic hydroxyl groups is 1. The molecule has 0 aliphatic rings. The Hall–Kier alpha value is -2.43. The van der Waals surface area contributed by atoms with E-state index in [0.717, 1.165) is 6.20 Å². The number of phenols is 1. The smallest absolute Gasteiger partial charge is 0.229 e. The Bertz CT molecular complexity index is 523. The van der Waals surface area contributed by atoms with Crippen molar-refractivity contribution in [3.05, 3.63) is 54.1 Å². The fourth-order valence-electron chi connectivity index (χ4n) is 1.50. The molecule has 18 heavy (non-hydrogen) atoms. The second-order valence-corrected chi connectivity index (χ2v) is 3.71. The molecule has 2 aromatic rings. The molecule has 0 aliphatic carbocycles. The zero-order valence-corrected chi connectivity index (χ0v) is 9.43. The van der Waals surface area contributed by atoms with Crippen LogP contribution in [-0.4, -0.2) is 16.0 Å². The molecule has 4 nitrogen and oxygen atoms in total. The molecule has 0 saturated carbocycles. The number of benzene rings is 1. The molecule has 0 spiro atoms. The highest BCUT2D eigenvalue weighted by atomic mass is 19.1. The van der Waals surface area contributed by atoms with Crippen LogP contribution in [0.4, 0.5) is 10.1 Å². The molecule has 2 N–H and O–H groups in total. The summed E-state index contributed by atoms with van der Waals surface area (Å²) < 4.78 is 13.2. The Morgan fingerprint density at radius 1 is 1.33 bits per heavy atom. The number of anilines is 1. The maximum atomic E-state index is 13.2. The third-order valence-electron chi connectivity index (χ3n) is 2.39. The van der Waals surface area contributed by atoms with Gasteiger partial charge in [-0.1, -0.05) is 18.2 Å². The maximum Gasteiger partial charge on any atom is 0.229 e. The highest BCUT2D eigenvalue weighted by Crippen LogP contribution is 2.17. The van der Waals surface area contributed by atoms with E-state index in [1.54, 1.807) is 18.2 Å². The summed E-state index contributed by atoms with van der Waals surface area (Å²) in [5.41, 5.74) is 0.565. The molecule has 0 aliphatic heterocycles. The van der Waals surface area contributed by atoms with Gasteiger partial charge in [0.15, 0.2) is 5.82 Å². The van der Waals surface area contributed by atoms with Crippen molar-refractivity contribution in [3.63, 3.8) is 0 Å². The highest BCUT2D eigenvalue weighted by molar-refractivity contribution is 5.92. The van der Waals surface area contributed by atoms with Crippen LogP contribution < -0.4 is 5.32 Å². The van der Waals surface area contributed by atoms with Crippen LogP contribution in [0, 0.1) is 5.82 Å². The Morgan fingerprint density at radius 3 is 2.83 bits per heavy atom. The topological polar surface area (TPSA) is 62.2 Å². The number of carbonyl (C=O) groups is 1. The Kier molecular flexibility index (Phi) is 3.52. The third kappa shape index (κ3) is 2.82. The molecule has 0 bridgehead atoms. The Morgan fingerprint density at radius 2 is 2.11 bits per heavy atom. The van der Waals surface area contributed by atoms with Crippen molar-refractivity contribution in [1.82, 2.24) is 4.98 Å². The molecular weight excluding hydrogens is 235 g/mol. The number of halogens is 1. The summed E-state index contributed by atoms with van der Waals surface area (Å²) in [6.45, 7) is 0. The van der Waals surface area contributed by atoms with Crippen molar-refractivity contribution in [2.75, 3.05) is 5.32 Å². The van der Waals surface area contributed by atoms with Crippen molar-refractivity contribution < 1.29 is 14.3 Å². The van der Waals surface area contributed by atoms with Gasteiger partial charge in [-0.2, -0.15) is 0 Å². The summed E-state index contributed by atoms with van der Waals surface area (Å²) in [6, 6.07) is 7.89. The summed E-state index contributed by atoms with van der Waals surface area (Å²) in [4.78, 5) is 15.3. The number of carbonyl (C=O) groups excluding carboxylic acids is 1. The van der Waals surface area contributed by atoms with Gasteiger partial charge in [-0.15, -0.1) is 0 Å². The number of hydrogen-bond donors (Lipinski definition) is 2. The summed E-state index contributed by atoms with van der Waals surface area (Å²) >= 11 is 0. The van der Waals surface area contributed by atoms with Gasteiger partial charge >= 0.3 is 0 Å². The SMILES string of the molecule is O=C(Cc1ccccc1O)Nc1ccncc1F. The van der Waals surface area contributed by atoms with E-state index >= 15 is 0 Å². The highest BCUT2D eigenvalue weighted by Gasteiger charge is 2.09. The summed E-state index contributed by atoms with van der Waals surface area (Å²) in [6.07, 6.45) is 2.39. The molecule has 0 atom stereocenters. The Labute approximate surface area is 103 Å². The van der Waals surface area contributed by atoms with E-state index in [9.17, 15) is 14.3 Å². The molecule has 1 aromatic carbocycles. The van der Waals surface area contributed by atoms with E-state index in [0.29, 0.717) is 5.56 Å². The van der Waals surface area contributed by atoms with Crippen LogP contribution in [0.1, 0.15) is 5.56 Å². The van der Waals surface area contributed by atoms with Crippen LogP contribution >= 0.6 is 0 Å². The summed E-state index contributed by atoms with van der Waals surface area (Å²) in [7, 11) is 0. The fourth-order valence-corrected chi connectivity index (χ4v) is 1.50. The van der Waals surface area contributed by atoms with Crippen LogP contribution in [0.15, 0.2) is 42.7 Å². The van der Waals surface area contributed by atoms with Gasteiger partial charge in [-0.3, -0.25) is 9.78 Å². The molecule has 92 valence electrons. The van der Waals surface area contributed by atoms with E-state index in [1.807, 2.05) is 0 Å². The number of phenolic OH excluding ortho intramolecular Hbond substituents is 1. The van der Waals surface area contributed by atoms with Gasteiger partial charge in [-0.05, 0) is 12.1 Å². The summed E-state index contributed by atoms with van der Waals surface area (Å²) in [5.74, 6) is -0.951. The average molecular weight is 246 g/mol. The lowest BCUT2D eigenvalue weighted by Gasteiger charge is -2.06. The predicted molar refractivity (Wildman–Crippen MR) is 64.6 cm³/mol. The lowest BCUT2D eigenvalue weighted by Crippen LogP contribution is -2.15. The van der Waals surface area contributed by atoms with E-state index < -0.39 is 11.7 Å². The van der Waals surface area contributed by atoms with Gasteiger partial charge in [0.25, 0.3) is 0 Å². The van der Waals surface area contributed by atoms with Gasteiger partial charge in [0.05, 0.1) is 18.3 Å². The van der Waals surface area contributed by atoms with Crippen molar-refractivity contribution in [1.29, 1.82) is 0 Å². The van der Waals surface area contributed by atoms with Gasteiger partial charge < -0.3 is 10.4 Å². The normalized spacial score (nSPS) is 10.1. The zero-order valence-electron chi connectivity index (χ0n) is 9.43. The fraction of sp³-hybridized carbons (Fsp3) is 0.0769. The molecule has 1 heterocycles. The molecule has 1 amide bonds. The minimum absolute atomic E-state index is 0.0194. The van der Waals surface area contributed by atoms with Crippen molar-refractivity contribution in [2.45, 2.75) is 6.42 Å². The van der Waals surface area contributed by atoms with Gasteiger partial charge in [0.1, 0.15) is 5.75 Å². The number of aromatic nitrogens is 1. The first-order valence-corrected chi connectivity index (χ1v) is 5.33. The zero-order chi connectivity index (χ0) is 13.0. The quantitative estimate of drug-likeness (QED) is 0.871. The van der Waals surface area contributed by atoms with Crippen molar-refractivity contribution >= 4 is 11.6 Å². The molecule has 0 fully saturated rings. The first kappa shape index (κ1) is 12.0. The molecule has 5 heteroatoms. The maximum absolute atomic E-state index is 13.2. The minimum atomic E-state index is -0.594. The largest absolute Gasteiger partial charge is 0.508 e. The molecule has 2 rings (SSSR count). The van der Waals surface area contributed by atoms with Crippen LogP contribution in [0.2, 0.25) is 0 Å². The molecule has 0 saturated heterocycles. The lowest BCUT2D eigenvalue weighted by atomic mass is 10.1. The number of rotatable bonds is 3. The standard InChI is InChI=1S/C13H11FN2O2/c14-10-8-15-6-5-11(10)16-13(18)7-9-3-1-2-4-12(9)17/h1-6,8,17H,7H2,(H,15,16,18). The van der Waals surface area contributed by atoms with Crippen molar-refractivity contribution in [3.8, 4) is 5.75 Å². The Balaban J connectivity index is 2.06. The van der Waals surface area contributed by atoms with Crippen LogP contribution in [0.3, 0.4) is 0 Å². The minimum Gasteiger partial charge on any atom is -0.508 e. The lowest BCUT2D eigenvalue weighted by molar-refractivity contribution is -0.115. The van der Waals surface area contributed by atoms with Crippen LogP contribution in [-0.2, 0) is 11.2 Å². The van der Waals surface area contributed by atoms with Gasteiger partial charge in [0, 0.05) is 11.8 Å². The summed E-state index contributed by atoms with van der Waals surface area (Å²) in [5, 5.41) is 11.9. The predicted octanol–water partition coefficient (Wildman–Crippen LogP) is 2.11. The monoisotopic (exact) mass is 246 g/mol. The average Bonchev–Trinajstić information content (AvgIpc) is 2.35. The first-order chi connectivity index (χ1) is 8.66. The van der Waals surface area contributed by atoms with E-state index in [-0.39, 0.29) is 17.9 Å². The number of amides is 1. The van der Waals surface area contributed by atoms with E-state index in [2.05, 4.69) is 10.3 Å². The van der Waals surface area contributed by atoms with E-state index in [1.165, 1.54) is 18.3 Å². The third-order valence-corrected chi connectivity index (χ3v) is 2.39. The second-order valence-electron chi connectivity index (χ2n) is 3.71. The van der Waals surface area contributed by atoms with Crippen LogP contribution in [0.25, 0.3) is 0 Å². The van der Waals surface area contributed by atoms with Gasteiger partial charge in [0.2, 0.25) is 5.91 Å². The number of nitrogens with one attached hydrogen (secondary N) is 1. The molecule has 1 aromatic heterocycles. The molecule has 0 unspecified atom stereocenters. The second kappa shape index (κ2) is 5.27. The molecule has 0 radical (unpaired) electrons. The number of nitrogens with zero attached hydrogens (tertiary/aromatic N) is 1. The molecular formula is C13H11FN2O2. The number of hydrogen-bond acceptors (Lipinski definition) is 3. The first-order valence-electron chi connectivity index (χ1n) is 5.33. The van der Waals surface area contributed by atoms with Gasteiger partial charge in [-0.25, -0.2) is 4.39 Å². The van der Waals surface area contributed by atoms with E-state index in [4.69, 9.17) is 0 Å². The number of para-hydroxylation sites is 1.